The topological polar surface area (TPSA) is 15.3 Å². The molecule has 274 valence electrons. The van der Waals surface area contributed by atoms with E-state index in [0.29, 0.717) is 0 Å². The van der Waals surface area contributed by atoms with Crippen LogP contribution in [0, 0.1) is 0 Å². The summed E-state index contributed by atoms with van der Waals surface area (Å²) < 4.78 is 4.01. The van der Waals surface area contributed by atoms with Crippen molar-refractivity contribution < 1.29 is 0 Å². The number of nitrogens with one attached hydrogen (secondary N) is 1. The van der Waals surface area contributed by atoms with Gasteiger partial charge in [0, 0.05) is 64.0 Å². The first-order valence-corrected chi connectivity index (χ1v) is 21.9. The minimum absolute atomic E-state index is 0.0955. The smallest absolute Gasteiger partial charge is 0.0708 e. The zero-order valence-electron chi connectivity index (χ0n) is 31.6. The van der Waals surface area contributed by atoms with Crippen molar-refractivity contribution in [2.75, 3.05) is 10.2 Å². The molecule has 0 fully saturated rings. The van der Waals surface area contributed by atoms with E-state index in [4.69, 9.17) is 0 Å². The van der Waals surface area contributed by atoms with Crippen molar-refractivity contribution in [3.05, 3.63) is 197 Å². The van der Waals surface area contributed by atoms with Gasteiger partial charge in [-0.05, 0) is 123 Å². The first-order chi connectivity index (χ1) is 28.8. The van der Waals surface area contributed by atoms with Crippen LogP contribution in [0.1, 0.15) is 45.5 Å². The molecule has 1 aliphatic heterocycles. The molecule has 1 N–H and O–H groups in total. The number of para-hydroxylation sites is 2. The number of nitrogens with zero attached hydrogens (tertiary/aromatic N) is 1. The van der Waals surface area contributed by atoms with Crippen molar-refractivity contribution in [2.45, 2.75) is 24.8 Å². The molecule has 3 heterocycles. The van der Waals surface area contributed by atoms with Crippen molar-refractivity contribution >= 4 is 92.5 Å². The third kappa shape index (κ3) is 4.70. The van der Waals surface area contributed by atoms with Crippen LogP contribution in [0.15, 0.2) is 170 Å². The Labute approximate surface area is 345 Å². The van der Waals surface area contributed by atoms with Gasteiger partial charge in [-0.25, -0.2) is 0 Å². The number of thiophene rings is 2. The zero-order valence-corrected chi connectivity index (χ0v) is 33.2. The highest BCUT2D eigenvalue weighted by atomic mass is 32.1. The van der Waals surface area contributed by atoms with E-state index < -0.39 is 0 Å². The van der Waals surface area contributed by atoms with Crippen molar-refractivity contribution in [1.82, 2.24) is 0 Å². The van der Waals surface area contributed by atoms with Gasteiger partial charge in [0.1, 0.15) is 0 Å². The molecule has 4 heteroatoms. The predicted octanol–water partition coefficient (Wildman–Crippen LogP) is 15.8. The van der Waals surface area contributed by atoms with Gasteiger partial charge < -0.3 is 10.2 Å². The molecule has 3 aliphatic rings. The number of allylic oxidation sites excluding steroid dienone is 1. The van der Waals surface area contributed by atoms with E-state index in [9.17, 15) is 0 Å². The zero-order chi connectivity index (χ0) is 37.9. The van der Waals surface area contributed by atoms with Crippen LogP contribution in [-0.2, 0) is 6.42 Å². The predicted molar refractivity (Wildman–Crippen MR) is 250 cm³/mol. The molecular formula is C54H36N2S2. The van der Waals surface area contributed by atoms with Gasteiger partial charge in [-0.3, -0.25) is 0 Å². The second kappa shape index (κ2) is 12.5. The fourth-order valence-electron chi connectivity index (χ4n) is 10.5. The highest BCUT2D eigenvalue weighted by molar-refractivity contribution is 7.25. The normalized spacial score (nSPS) is 16.4. The maximum atomic E-state index is 3.92. The number of rotatable bonds is 4. The Bertz CT molecular complexity index is 3360. The molecule has 0 radical (unpaired) electrons. The van der Waals surface area contributed by atoms with Crippen LogP contribution in [0.4, 0.5) is 22.7 Å². The first kappa shape index (κ1) is 32.6. The van der Waals surface area contributed by atoms with E-state index in [1.807, 2.05) is 22.7 Å². The Morgan fingerprint density at radius 3 is 2.24 bits per heavy atom. The van der Waals surface area contributed by atoms with Crippen molar-refractivity contribution in [1.29, 1.82) is 0 Å². The monoisotopic (exact) mass is 776 g/mol. The van der Waals surface area contributed by atoms with Crippen LogP contribution in [0.2, 0.25) is 0 Å². The van der Waals surface area contributed by atoms with Crippen LogP contribution >= 0.6 is 22.7 Å². The minimum atomic E-state index is 0.0955. The highest BCUT2D eigenvalue weighted by Gasteiger charge is 2.47. The summed E-state index contributed by atoms with van der Waals surface area (Å²) in [4.78, 5) is 4.06. The number of hydrogen-bond acceptors (Lipinski definition) is 4. The van der Waals surface area contributed by atoms with Gasteiger partial charge in [-0.15, -0.1) is 22.7 Å². The van der Waals surface area contributed by atoms with E-state index in [1.165, 1.54) is 102 Å². The molecule has 8 aromatic carbocycles. The third-order valence-corrected chi connectivity index (χ3v) is 15.2. The van der Waals surface area contributed by atoms with Crippen LogP contribution in [-0.4, -0.2) is 0 Å². The molecular weight excluding hydrogens is 741 g/mol. The Morgan fingerprint density at radius 2 is 1.29 bits per heavy atom. The van der Waals surface area contributed by atoms with Crippen molar-refractivity contribution in [3.63, 3.8) is 0 Å². The molecule has 2 atom stereocenters. The van der Waals surface area contributed by atoms with E-state index in [2.05, 4.69) is 186 Å². The largest absolute Gasteiger partial charge is 0.355 e. The van der Waals surface area contributed by atoms with Gasteiger partial charge in [-0.1, -0.05) is 121 Å². The van der Waals surface area contributed by atoms with Crippen LogP contribution in [0.25, 0.3) is 69.4 Å². The summed E-state index contributed by atoms with van der Waals surface area (Å²) in [5.74, 6) is 0.130. The van der Waals surface area contributed by atoms with Crippen LogP contribution in [0.5, 0.6) is 0 Å². The molecule has 2 aliphatic carbocycles. The summed E-state index contributed by atoms with van der Waals surface area (Å²) in [6, 6.07) is 61.8. The van der Waals surface area contributed by atoms with Crippen molar-refractivity contribution in [3.8, 4) is 22.3 Å². The number of fused-ring (bicyclic) bond motifs is 16. The first-order valence-electron chi connectivity index (χ1n) is 20.3. The number of benzene rings is 8. The lowest BCUT2D eigenvalue weighted by Crippen LogP contribution is -2.26. The molecule has 2 aromatic heterocycles. The molecule has 0 bridgehead atoms. The molecule has 10 aromatic rings. The molecule has 58 heavy (non-hydrogen) atoms. The maximum absolute atomic E-state index is 3.92. The van der Waals surface area contributed by atoms with Gasteiger partial charge in [0.25, 0.3) is 0 Å². The lowest BCUT2D eigenvalue weighted by Gasteiger charge is -2.38. The number of aryl methyl sites for hydroxylation is 1. The summed E-state index contributed by atoms with van der Waals surface area (Å²) >= 11 is 3.80. The van der Waals surface area contributed by atoms with Gasteiger partial charge in [0.15, 0.2) is 0 Å². The number of hydrogen-bond donors (Lipinski definition) is 1. The van der Waals surface area contributed by atoms with Gasteiger partial charge in [-0.2, -0.15) is 0 Å². The van der Waals surface area contributed by atoms with E-state index in [-0.39, 0.29) is 12.0 Å². The Hall–Kier alpha value is -6.46. The quantitative estimate of drug-likeness (QED) is 0.191. The van der Waals surface area contributed by atoms with Crippen LogP contribution < -0.4 is 10.2 Å². The molecule has 0 spiro atoms. The molecule has 0 saturated carbocycles. The fraction of sp³-hybridized carbons (Fsp3) is 0.0741. The molecule has 2 nitrogen and oxygen atoms in total. The van der Waals surface area contributed by atoms with Gasteiger partial charge >= 0.3 is 0 Å². The summed E-state index contributed by atoms with van der Waals surface area (Å²) in [7, 11) is 0. The lowest BCUT2D eigenvalue weighted by molar-refractivity contribution is 0.654. The third-order valence-electron chi connectivity index (χ3n) is 12.9. The average Bonchev–Trinajstić information content (AvgIpc) is 3.95. The second-order valence-corrected chi connectivity index (χ2v) is 18.1. The molecule has 0 amide bonds. The van der Waals surface area contributed by atoms with Gasteiger partial charge in [0.2, 0.25) is 0 Å². The Kier molecular flexibility index (Phi) is 7.04. The lowest BCUT2D eigenvalue weighted by atomic mass is 9.70. The number of anilines is 4. The molecule has 0 saturated heterocycles. The minimum Gasteiger partial charge on any atom is -0.355 e. The fourth-order valence-corrected chi connectivity index (χ4v) is 12.8. The summed E-state index contributed by atoms with van der Waals surface area (Å²) in [5.41, 5.74) is 15.6. The van der Waals surface area contributed by atoms with E-state index in [1.54, 1.807) is 0 Å². The Balaban J connectivity index is 1.02. The van der Waals surface area contributed by atoms with E-state index in [0.717, 1.165) is 24.2 Å². The van der Waals surface area contributed by atoms with E-state index >= 15 is 0 Å². The summed E-state index contributed by atoms with van der Waals surface area (Å²) in [5, 5.41) is 10.6. The standard InChI is InChI=1S/C54H36N2S2/c1-2-14-35-32(13-1)29-44(36-15-5-9-21-45(36)55-33-25-27-39-37-16-7-11-23-47(37)57-49(39)30-33)51-41-18-3-4-19-42(41)54-53(52(35)51)43-20-6-10-22-46(43)56(54)34-26-28-40-38-17-8-12-24-48(38)58-50(40)31-34/h1-6,8-15,17-31,53-55H,7,16H2. The summed E-state index contributed by atoms with van der Waals surface area (Å²) in [6.07, 6.45) is 6.87. The van der Waals surface area contributed by atoms with Crippen LogP contribution in [0.3, 0.4) is 0 Å². The molecule has 13 rings (SSSR count). The van der Waals surface area contributed by atoms with Gasteiger partial charge in [0.05, 0.1) is 6.04 Å². The summed E-state index contributed by atoms with van der Waals surface area (Å²) in [6.45, 7) is 0. The van der Waals surface area contributed by atoms with Crippen molar-refractivity contribution in [2.24, 2.45) is 0 Å². The SMILES string of the molecule is C1=Cc2sc3cc(Nc4ccccc4-c4cc5ccccc5c5c4-c4ccccc4C4C5c5ccccc5N4c4ccc5c(c4)sc4ccccc45)ccc3c2CC1. The maximum Gasteiger partial charge on any atom is 0.0708 e. The Morgan fingerprint density at radius 1 is 0.552 bits per heavy atom. The average molecular weight is 777 g/mol. The molecule has 2 unspecified atom stereocenters. The second-order valence-electron chi connectivity index (χ2n) is 15.9. The highest BCUT2D eigenvalue weighted by Crippen LogP contribution is 2.63.